The van der Waals surface area contributed by atoms with Crippen LogP contribution in [0.1, 0.15) is 47.4 Å². The fraction of sp³-hybridized carbons (Fsp3) is 0.350. The average molecular weight is 309 g/mol. The van der Waals surface area contributed by atoms with Crippen molar-refractivity contribution in [3.05, 3.63) is 64.7 Å². The summed E-state index contributed by atoms with van der Waals surface area (Å²) < 4.78 is 5.27. The molecule has 1 aliphatic carbocycles. The summed E-state index contributed by atoms with van der Waals surface area (Å²) in [6.45, 7) is 4.53. The second kappa shape index (κ2) is 6.86. The van der Waals surface area contributed by atoms with Crippen LogP contribution in [0.5, 0.6) is 0 Å². The first kappa shape index (κ1) is 15.6. The van der Waals surface area contributed by atoms with Gasteiger partial charge in [0.25, 0.3) is 0 Å². The number of aryl methyl sites for hydroxylation is 2. The van der Waals surface area contributed by atoms with E-state index in [1.54, 1.807) is 0 Å². The molecule has 1 saturated carbocycles. The summed E-state index contributed by atoms with van der Waals surface area (Å²) in [5, 5.41) is 2.83. The van der Waals surface area contributed by atoms with Gasteiger partial charge < -0.3 is 4.74 Å². The third-order valence-electron chi connectivity index (χ3n) is 4.57. The summed E-state index contributed by atoms with van der Waals surface area (Å²) in [7, 11) is 0. The van der Waals surface area contributed by atoms with E-state index in [-0.39, 0.29) is 6.61 Å². The van der Waals surface area contributed by atoms with Gasteiger partial charge in [0.1, 0.15) is 6.61 Å². The van der Waals surface area contributed by atoms with Crippen LogP contribution in [0.2, 0.25) is 0 Å². The normalized spacial score (nSPS) is 14.2. The first-order valence-electron chi connectivity index (χ1n) is 8.22. The van der Waals surface area contributed by atoms with Gasteiger partial charge in [0.2, 0.25) is 0 Å². The van der Waals surface area contributed by atoms with Crippen LogP contribution in [0, 0.1) is 13.8 Å². The minimum atomic E-state index is -0.413. The molecule has 23 heavy (non-hydrogen) atoms. The first-order chi connectivity index (χ1) is 11.1. The highest BCUT2D eigenvalue weighted by atomic mass is 16.5. The molecule has 1 N–H and O–H groups in total. The van der Waals surface area contributed by atoms with Crippen molar-refractivity contribution < 1.29 is 9.53 Å². The van der Waals surface area contributed by atoms with Gasteiger partial charge in [-0.05, 0) is 67.0 Å². The van der Waals surface area contributed by atoms with Gasteiger partial charge >= 0.3 is 6.09 Å². The lowest BCUT2D eigenvalue weighted by Gasteiger charge is -2.29. The van der Waals surface area contributed by atoms with Crippen LogP contribution in [0.15, 0.2) is 42.5 Å². The van der Waals surface area contributed by atoms with Gasteiger partial charge in [0.05, 0.1) is 0 Å². The van der Waals surface area contributed by atoms with E-state index < -0.39 is 6.09 Å². The zero-order valence-electron chi connectivity index (χ0n) is 13.8. The predicted molar refractivity (Wildman–Crippen MR) is 92.8 cm³/mol. The Labute approximate surface area is 137 Å². The molecule has 2 aromatic carbocycles. The lowest BCUT2D eigenvalue weighted by molar-refractivity contribution is 0.155. The fourth-order valence-corrected chi connectivity index (χ4v) is 3.26. The number of hydrogen-bond acceptors (Lipinski definition) is 2. The van der Waals surface area contributed by atoms with Crippen molar-refractivity contribution in [1.82, 2.24) is 0 Å². The van der Waals surface area contributed by atoms with E-state index in [0.29, 0.717) is 5.92 Å². The van der Waals surface area contributed by atoms with Gasteiger partial charge in [-0.2, -0.15) is 0 Å². The Morgan fingerprint density at radius 1 is 1.13 bits per heavy atom. The lowest BCUT2D eigenvalue weighted by Crippen LogP contribution is -2.15. The Balaban J connectivity index is 1.62. The number of hydrogen-bond donors (Lipinski definition) is 1. The lowest BCUT2D eigenvalue weighted by atomic mass is 9.76. The maximum absolute atomic E-state index is 12.0. The van der Waals surface area contributed by atoms with Crippen molar-refractivity contribution in [1.29, 1.82) is 0 Å². The molecule has 3 rings (SSSR count). The highest BCUT2D eigenvalue weighted by molar-refractivity contribution is 5.85. The summed E-state index contributed by atoms with van der Waals surface area (Å²) in [6, 6.07) is 13.8. The van der Waals surface area contributed by atoms with Crippen LogP contribution in [-0.4, -0.2) is 6.09 Å². The molecule has 0 aromatic heterocycles. The second-order valence-corrected chi connectivity index (χ2v) is 6.34. The monoisotopic (exact) mass is 309 g/mol. The maximum Gasteiger partial charge on any atom is 0.411 e. The number of carbonyl (C=O) groups is 1. The molecular formula is C20H23NO2. The zero-order valence-corrected chi connectivity index (χ0v) is 13.8. The molecule has 0 radical (unpaired) electrons. The van der Waals surface area contributed by atoms with Crippen LogP contribution in [0.3, 0.4) is 0 Å². The van der Waals surface area contributed by atoms with Gasteiger partial charge in [-0.1, -0.05) is 36.8 Å². The summed E-state index contributed by atoms with van der Waals surface area (Å²) in [4.78, 5) is 12.0. The summed E-state index contributed by atoms with van der Waals surface area (Å²) in [5.41, 5.74) is 5.76. The Hall–Kier alpha value is -2.29. The molecule has 1 aliphatic rings. The highest BCUT2D eigenvalue weighted by Crippen LogP contribution is 2.40. The molecule has 0 unspecified atom stereocenters. The molecule has 0 bridgehead atoms. The van der Waals surface area contributed by atoms with Crippen molar-refractivity contribution in [2.75, 3.05) is 5.32 Å². The van der Waals surface area contributed by atoms with E-state index >= 15 is 0 Å². The molecule has 0 heterocycles. The quantitative estimate of drug-likeness (QED) is 0.830. The van der Waals surface area contributed by atoms with E-state index in [2.05, 4.69) is 19.2 Å². The van der Waals surface area contributed by atoms with E-state index in [4.69, 9.17) is 4.74 Å². The third-order valence-corrected chi connectivity index (χ3v) is 4.57. The van der Waals surface area contributed by atoms with Gasteiger partial charge in [-0.3, -0.25) is 5.32 Å². The number of anilines is 1. The van der Waals surface area contributed by atoms with Gasteiger partial charge in [0, 0.05) is 5.69 Å². The van der Waals surface area contributed by atoms with Crippen molar-refractivity contribution in [2.45, 2.75) is 45.6 Å². The predicted octanol–water partition coefficient (Wildman–Crippen LogP) is 5.32. The Morgan fingerprint density at radius 2 is 1.78 bits per heavy atom. The minimum Gasteiger partial charge on any atom is -0.444 e. The number of carbonyl (C=O) groups excluding carboxylic acids is 1. The SMILES string of the molecule is Cc1cc(NC(=O)OCc2ccccc2)cc(C)c1C1CCC1. The van der Waals surface area contributed by atoms with Gasteiger partial charge in [0.15, 0.2) is 0 Å². The van der Waals surface area contributed by atoms with Crippen molar-refractivity contribution in [2.24, 2.45) is 0 Å². The number of amides is 1. The molecule has 1 fully saturated rings. The average Bonchev–Trinajstić information content (AvgIpc) is 2.48. The molecule has 0 atom stereocenters. The smallest absolute Gasteiger partial charge is 0.411 e. The van der Waals surface area contributed by atoms with E-state index in [0.717, 1.165) is 11.3 Å². The van der Waals surface area contributed by atoms with E-state index in [1.165, 1.54) is 36.0 Å². The maximum atomic E-state index is 12.0. The summed E-state index contributed by atoms with van der Waals surface area (Å²) >= 11 is 0. The van der Waals surface area contributed by atoms with Crippen LogP contribution in [0.4, 0.5) is 10.5 Å². The molecule has 0 saturated heterocycles. The van der Waals surface area contributed by atoms with Crippen LogP contribution < -0.4 is 5.32 Å². The third kappa shape index (κ3) is 3.73. The van der Waals surface area contributed by atoms with E-state index in [9.17, 15) is 4.79 Å². The standard InChI is InChI=1S/C20H23NO2/c1-14-11-18(12-15(2)19(14)17-9-6-10-17)21-20(22)23-13-16-7-4-3-5-8-16/h3-5,7-8,11-12,17H,6,9-10,13H2,1-2H3,(H,21,22). The van der Waals surface area contributed by atoms with Gasteiger partial charge in [-0.25, -0.2) is 4.79 Å². The van der Waals surface area contributed by atoms with Crippen molar-refractivity contribution >= 4 is 11.8 Å². The topological polar surface area (TPSA) is 38.3 Å². The first-order valence-corrected chi connectivity index (χ1v) is 8.22. The Morgan fingerprint density at radius 3 is 2.35 bits per heavy atom. The Bertz CT molecular complexity index is 667. The molecule has 2 aromatic rings. The van der Waals surface area contributed by atoms with Crippen LogP contribution in [-0.2, 0) is 11.3 Å². The zero-order chi connectivity index (χ0) is 16.2. The molecule has 3 nitrogen and oxygen atoms in total. The number of nitrogens with one attached hydrogen (secondary N) is 1. The van der Waals surface area contributed by atoms with Gasteiger partial charge in [-0.15, -0.1) is 0 Å². The van der Waals surface area contributed by atoms with Crippen molar-refractivity contribution in [3.63, 3.8) is 0 Å². The summed E-state index contributed by atoms with van der Waals surface area (Å²) in [5.74, 6) is 0.703. The van der Waals surface area contributed by atoms with Crippen LogP contribution in [0.25, 0.3) is 0 Å². The van der Waals surface area contributed by atoms with E-state index in [1.807, 2.05) is 42.5 Å². The number of ether oxygens (including phenoxy) is 1. The second-order valence-electron chi connectivity index (χ2n) is 6.34. The molecule has 3 heteroatoms. The Kier molecular flexibility index (Phi) is 4.65. The number of benzene rings is 2. The molecule has 0 aliphatic heterocycles. The largest absolute Gasteiger partial charge is 0.444 e. The number of rotatable bonds is 4. The van der Waals surface area contributed by atoms with Crippen LogP contribution >= 0.6 is 0 Å². The van der Waals surface area contributed by atoms with Crippen molar-refractivity contribution in [3.8, 4) is 0 Å². The summed E-state index contributed by atoms with van der Waals surface area (Å²) in [6.07, 6.45) is 3.49. The molecule has 120 valence electrons. The fourth-order valence-electron chi connectivity index (χ4n) is 3.26. The molecule has 1 amide bonds. The minimum absolute atomic E-state index is 0.283. The highest BCUT2D eigenvalue weighted by Gasteiger charge is 2.23. The molecule has 0 spiro atoms. The molecular weight excluding hydrogens is 286 g/mol.